The molecule has 1 fully saturated rings. The van der Waals surface area contributed by atoms with Gasteiger partial charge in [-0.2, -0.15) is 0 Å². The lowest BCUT2D eigenvalue weighted by atomic mass is 9.86. The molecule has 1 aliphatic heterocycles. The SMILES string of the molecule is CCOC(C(=O)N1CCC(C(=O)O)C(C)C1)c1ccccc1. The first kappa shape index (κ1) is 16.5. The van der Waals surface area contributed by atoms with Gasteiger partial charge in [-0.3, -0.25) is 9.59 Å². The minimum absolute atomic E-state index is 0.0479. The van der Waals surface area contributed by atoms with Crippen LogP contribution in [0.1, 0.15) is 31.9 Å². The number of amides is 1. The van der Waals surface area contributed by atoms with Crippen LogP contribution in [-0.2, 0) is 14.3 Å². The fourth-order valence-electron chi connectivity index (χ4n) is 2.98. The van der Waals surface area contributed by atoms with Crippen LogP contribution in [-0.4, -0.2) is 41.6 Å². The predicted molar refractivity (Wildman–Crippen MR) is 82.3 cm³/mol. The number of benzene rings is 1. The summed E-state index contributed by atoms with van der Waals surface area (Å²) >= 11 is 0. The van der Waals surface area contributed by atoms with Gasteiger partial charge in [0.1, 0.15) is 0 Å². The molecule has 5 nitrogen and oxygen atoms in total. The lowest BCUT2D eigenvalue weighted by Gasteiger charge is -2.36. The Balaban J connectivity index is 2.10. The summed E-state index contributed by atoms with van der Waals surface area (Å²) < 4.78 is 5.65. The van der Waals surface area contributed by atoms with Crippen LogP contribution in [0.5, 0.6) is 0 Å². The molecule has 0 aromatic heterocycles. The quantitative estimate of drug-likeness (QED) is 0.906. The number of nitrogens with zero attached hydrogens (tertiary/aromatic N) is 1. The molecular formula is C17H23NO4. The van der Waals surface area contributed by atoms with Gasteiger partial charge in [0.2, 0.25) is 0 Å². The molecule has 120 valence electrons. The van der Waals surface area contributed by atoms with E-state index in [9.17, 15) is 14.7 Å². The molecule has 0 saturated carbocycles. The first-order valence-electron chi connectivity index (χ1n) is 7.72. The summed E-state index contributed by atoms with van der Waals surface area (Å²) in [5, 5.41) is 9.18. The van der Waals surface area contributed by atoms with E-state index in [0.29, 0.717) is 26.1 Å². The maximum atomic E-state index is 12.8. The number of hydrogen-bond acceptors (Lipinski definition) is 3. The van der Waals surface area contributed by atoms with Crippen molar-refractivity contribution < 1.29 is 19.4 Å². The van der Waals surface area contributed by atoms with Gasteiger partial charge in [0.15, 0.2) is 6.10 Å². The highest BCUT2D eigenvalue weighted by molar-refractivity contribution is 5.83. The van der Waals surface area contributed by atoms with E-state index in [4.69, 9.17) is 4.74 Å². The molecule has 0 aliphatic carbocycles. The third-order valence-electron chi connectivity index (χ3n) is 4.19. The van der Waals surface area contributed by atoms with E-state index in [-0.39, 0.29) is 17.7 Å². The summed E-state index contributed by atoms with van der Waals surface area (Å²) in [6.45, 7) is 5.13. The van der Waals surface area contributed by atoms with Crippen molar-refractivity contribution in [3.63, 3.8) is 0 Å². The van der Waals surface area contributed by atoms with E-state index in [2.05, 4.69) is 0 Å². The molecule has 1 aliphatic rings. The van der Waals surface area contributed by atoms with E-state index in [0.717, 1.165) is 5.56 Å². The Morgan fingerprint density at radius 3 is 2.59 bits per heavy atom. The Hall–Kier alpha value is -1.88. The number of aliphatic carboxylic acids is 1. The second-order valence-electron chi connectivity index (χ2n) is 5.74. The predicted octanol–water partition coefficient (Wildman–Crippen LogP) is 2.33. The average molecular weight is 305 g/mol. The summed E-state index contributed by atoms with van der Waals surface area (Å²) in [7, 11) is 0. The Kier molecular flexibility index (Phi) is 5.55. The van der Waals surface area contributed by atoms with Crippen molar-refractivity contribution in [3.05, 3.63) is 35.9 Å². The Morgan fingerprint density at radius 2 is 2.05 bits per heavy atom. The molecule has 1 aromatic carbocycles. The van der Waals surface area contributed by atoms with Crippen molar-refractivity contribution in [2.24, 2.45) is 11.8 Å². The second-order valence-corrected chi connectivity index (χ2v) is 5.74. The standard InChI is InChI=1S/C17H23NO4/c1-3-22-15(13-7-5-4-6-8-13)16(19)18-10-9-14(17(20)21)12(2)11-18/h4-8,12,14-15H,3,9-11H2,1-2H3,(H,20,21). The summed E-state index contributed by atoms with van der Waals surface area (Å²) in [6.07, 6.45) is -0.115. The normalized spacial score (nSPS) is 23.1. The van der Waals surface area contributed by atoms with Crippen molar-refractivity contribution in [1.82, 2.24) is 4.90 Å². The number of likely N-dealkylation sites (tertiary alicyclic amines) is 1. The molecule has 2 rings (SSSR count). The van der Waals surface area contributed by atoms with E-state index in [1.807, 2.05) is 44.2 Å². The zero-order valence-corrected chi connectivity index (χ0v) is 13.1. The molecule has 22 heavy (non-hydrogen) atoms. The Morgan fingerprint density at radius 1 is 1.36 bits per heavy atom. The highest BCUT2D eigenvalue weighted by Gasteiger charge is 2.35. The maximum absolute atomic E-state index is 12.8. The smallest absolute Gasteiger partial charge is 0.306 e. The topological polar surface area (TPSA) is 66.8 Å². The molecule has 3 unspecified atom stereocenters. The van der Waals surface area contributed by atoms with Crippen LogP contribution in [0.4, 0.5) is 0 Å². The largest absolute Gasteiger partial charge is 0.481 e. The summed E-state index contributed by atoms with van der Waals surface area (Å²) in [5.41, 5.74) is 0.836. The number of piperidine rings is 1. The minimum Gasteiger partial charge on any atom is -0.481 e. The fourth-order valence-corrected chi connectivity index (χ4v) is 2.98. The number of carbonyl (C=O) groups is 2. The molecule has 0 radical (unpaired) electrons. The maximum Gasteiger partial charge on any atom is 0.306 e. The van der Waals surface area contributed by atoms with Crippen molar-refractivity contribution in [1.29, 1.82) is 0 Å². The number of rotatable bonds is 5. The van der Waals surface area contributed by atoms with Crippen LogP contribution in [0.2, 0.25) is 0 Å². The zero-order valence-electron chi connectivity index (χ0n) is 13.1. The van der Waals surface area contributed by atoms with E-state index >= 15 is 0 Å². The number of ether oxygens (including phenoxy) is 1. The first-order valence-corrected chi connectivity index (χ1v) is 7.72. The Labute approximate surface area is 130 Å². The number of hydrogen-bond donors (Lipinski definition) is 1. The number of carboxylic acids is 1. The molecule has 1 aromatic rings. The molecule has 1 amide bonds. The van der Waals surface area contributed by atoms with Gasteiger partial charge in [0.05, 0.1) is 5.92 Å². The molecule has 5 heteroatoms. The third kappa shape index (κ3) is 3.65. The van der Waals surface area contributed by atoms with Gasteiger partial charge >= 0.3 is 5.97 Å². The van der Waals surface area contributed by atoms with Crippen LogP contribution < -0.4 is 0 Å². The molecule has 0 bridgehead atoms. The molecule has 1 N–H and O–H groups in total. The summed E-state index contributed by atoms with van der Waals surface area (Å²) in [6, 6.07) is 9.43. The third-order valence-corrected chi connectivity index (χ3v) is 4.19. The van der Waals surface area contributed by atoms with Gasteiger partial charge < -0.3 is 14.7 Å². The van der Waals surface area contributed by atoms with Crippen LogP contribution in [0, 0.1) is 11.8 Å². The van der Waals surface area contributed by atoms with E-state index < -0.39 is 12.1 Å². The molecular weight excluding hydrogens is 282 g/mol. The first-order chi connectivity index (χ1) is 10.5. The van der Waals surface area contributed by atoms with Gasteiger partial charge in [0, 0.05) is 19.7 Å². The number of carboxylic acid groups (broad SMARTS) is 1. The van der Waals surface area contributed by atoms with Crippen molar-refractivity contribution >= 4 is 11.9 Å². The highest BCUT2D eigenvalue weighted by Crippen LogP contribution is 2.27. The summed E-state index contributed by atoms with van der Waals surface area (Å²) in [4.78, 5) is 25.7. The molecule has 0 spiro atoms. The van der Waals surface area contributed by atoms with E-state index in [1.165, 1.54) is 0 Å². The van der Waals surface area contributed by atoms with Crippen molar-refractivity contribution in [2.75, 3.05) is 19.7 Å². The average Bonchev–Trinajstić information content (AvgIpc) is 2.52. The van der Waals surface area contributed by atoms with Crippen LogP contribution in [0.3, 0.4) is 0 Å². The summed E-state index contributed by atoms with van der Waals surface area (Å²) in [5.74, 6) is -1.27. The van der Waals surface area contributed by atoms with Crippen molar-refractivity contribution in [2.45, 2.75) is 26.4 Å². The Bertz CT molecular complexity index is 517. The van der Waals surface area contributed by atoms with Gasteiger partial charge in [-0.1, -0.05) is 37.3 Å². The van der Waals surface area contributed by atoms with Gasteiger partial charge in [-0.05, 0) is 24.8 Å². The highest BCUT2D eigenvalue weighted by atomic mass is 16.5. The van der Waals surface area contributed by atoms with Crippen LogP contribution in [0.25, 0.3) is 0 Å². The van der Waals surface area contributed by atoms with Gasteiger partial charge in [-0.15, -0.1) is 0 Å². The van der Waals surface area contributed by atoms with Crippen LogP contribution >= 0.6 is 0 Å². The zero-order chi connectivity index (χ0) is 16.1. The molecule has 1 heterocycles. The number of carbonyl (C=O) groups excluding carboxylic acids is 1. The minimum atomic E-state index is -0.774. The lowest BCUT2D eigenvalue weighted by Crippen LogP contribution is -2.47. The molecule has 1 saturated heterocycles. The van der Waals surface area contributed by atoms with Gasteiger partial charge in [0.25, 0.3) is 5.91 Å². The fraction of sp³-hybridized carbons (Fsp3) is 0.529. The lowest BCUT2D eigenvalue weighted by molar-refractivity contribution is -0.153. The van der Waals surface area contributed by atoms with Gasteiger partial charge in [-0.25, -0.2) is 0 Å². The van der Waals surface area contributed by atoms with Crippen molar-refractivity contribution in [3.8, 4) is 0 Å². The van der Waals surface area contributed by atoms with Crippen LogP contribution in [0.15, 0.2) is 30.3 Å². The van der Waals surface area contributed by atoms with E-state index in [1.54, 1.807) is 4.90 Å². The monoisotopic (exact) mass is 305 g/mol. The second kappa shape index (κ2) is 7.40. The molecule has 3 atom stereocenters.